The van der Waals surface area contributed by atoms with Crippen molar-refractivity contribution in [2.45, 2.75) is 13.0 Å². The topological polar surface area (TPSA) is 21.7 Å². The highest BCUT2D eigenvalue weighted by Gasteiger charge is 2.19. The van der Waals surface area contributed by atoms with Crippen LogP contribution in [-0.2, 0) is 6.61 Å². The van der Waals surface area contributed by atoms with Gasteiger partial charge < -0.3 is 14.4 Å². The van der Waals surface area contributed by atoms with Gasteiger partial charge in [0.25, 0.3) is 0 Å². The first kappa shape index (κ1) is 15.6. The summed E-state index contributed by atoms with van der Waals surface area (Å²) in [4.78, 5) is 2.20. The fraction of sp³-hybridized carbons (Fsp3) is 0.300. The summed E-state index contributed by atoms with van der Waals surface area (Å²) < 4.78 is 11.4. The van der Waals surface area contributed by atoms with Gasteiger partial charge in [-0.25, -0.2) is 0 Å². The molecule has 23 heavy (non-hydrogen) atoms. The zero-order valence-corrected chi connectivity index (χ0v) is 14.0. The van der Waals surface area contributed by atoms with Gasteiger partial charge in [-0.15, -0.1) is 0 Å². The minimum atomic E-state index is 0.585. The van der Waals surface area contributed by atoms with E-state index >= 15 is 0 Å². The van der Waals surface area contributed by atoms with Crippen LogP contribution in [0.15, 0.2) is 48.5 Å². The van der Waals surface area contributed by atoms with Crippen molar-refractivity contribution in [2.75, 3.05) is 27.7 Å². The van der Waals surface area contributed by atoms with Crippen molar-refractivity contribution in [3.63, 3.8) is 0 Å². The molecule has 0 aliphatic carbocycles. The highest BCUT2D eigenvalue weighted by molar-refractivity contribution is 5.85. The largest absolute Gasteiger partial charge is 0.497 e. The number of hydrogen-bond donors (Lipinski definition) is 0. The van der Waals surface area contributed by atoms with E-state index in [1.165, 1.54) is 16.7 Å². The Morgan fingerprint density at radius 3 is 2.74 bits per heavy atom. The third-order valence-corrected chi connectivity index (χ3v) is 4.09. The van der Waals surface area contributed by atoms with Crippen molar-refractivity contribution < 1.29 is 9.47 Å². The molecule has 3 rings (SSSR count). The number of ether oxygens (including phenoxy) is 2. The first-order valence-corrected chi connectivity index (χ1v) is 7.93. The summed E-state index contributed by atoms with van der Waals surface area (Å²) in [5, 5.41) is 0. The van der Waals surface area contributed by atoms with E-state index in [-0.39, 0.29) is 0 Å². The van der Waals surface area contributed by atoms with Crippen molar-refractivity contribution in [3.05, 3.63) is 65.2 Å². The molecule has 0 radical (unpaired) electrons. The Morgan fingerprint density at radius 1 is 1.13 bits per heavy atom. The molecule has 0 bridgehead atoms. The van der Waals surface area contributed by atoms with Crippen LogP contribution in [0.5, 0.6) is 11.5 Å². The van der Waals surface area contributed by atoms with Gasteiger partial charge in [0.05, 0.1) is 7.11 Å². The van der Waals surface area contributed by atoms with Crippen LogP contribution in [0.4, 0.5) is 0 Å². The lowest BCUT2D eigenvalue weighted by Gasteiger charge is -2.13. The van der Waals surface area contributed by atoms with Crippen molar-refractivity contribution in [2.24, 2.45) is 0 Å². The fourth-order valence-corrected chi connectivity index (χ4v) is 2.86. The van der Waals surface area contributed by atoms with E-state index in [9.17, 15) is 0 Å². The molecule has 0 N–H and O–H groups in total. The third kappa shape index (κ3) is 3.40. The molecular weight excluding hydrogens is 286 g/mol. The van der Waals surface area contributed by atoms with E-state index < -0.39 is 0 Å². The zero-order chi connectivity index (χ0) is 16.2. The first-order valence-electron chi connectivity index (χ1n) is 7.93. The Labute approximate surface area is 138 Å². The van der Waals surface area contributed by atoms with E-state index in [2.05, 4.69) is 49.3 Å². The average molecular weight is 309 g/mol. The first-order chi connectivity index (χ1) is 11.2. The van der Waals surface area contributed by atoms with E-state index in [0.29, 0.717) is 6.61 Å². The SMILES string of the molecule is COc1ccc2c(c1)/C(=C/CCN(C)C)c1ccccc1OC2. The number of nitrogens with zero attached hydrogens (tertiary/aromatic N) is 1. The van der Waals surface area contributed by atoms with Gasteiger partial charge in [0.1, 0.15) is 18.1 Å². The normalized spacial score (nSPS) is 14.9. The summed E-state index contributed by atoms with van der Waals surface area (Å²) in [6.07, 6.45) is 3.30. The molecule has 0 unspecified atom stereocenters. The van der Waals surface area contributed by atoms with Crippen LogP contribution >= 0.6 is 0 Å². The maximum Gasteiger partial charge on any atom is 0.127 e. The molecule has 0 amide bonds. The molecule has 120 valence electrons. The summed E-state index contributed by atoms with van der Waals surface area (Å²) in [5.41, 5.74) is 4.78. The molecule has 0 saturated carbocycles. The molecule has 0 spiro atoms. The molecule has 0 atom stereocenters. The van der Waals surface area contributed by atoms with Crippen LogP contribution in [0.25, 0.3) is 5.57 Å². The summed E-state index contributed by atoms with van der Waals surface area (Å²) in [6.45, 7) is 1.60. The summed E-state index contributed by atoms with van der Waals surface area (Å²) in [7, 11) is 5.90. The number of fused-ring (bicyclic) bond motifs is 2. The van der Waals surface area contributed by atoms with Gasteiger partial charge >= 0.3 is 0 Å². The standard InChI is InChI=1S/C20H23NO2/c1-21(2)12-6-8-17-18-7-4-5-9-20(18)23-14-15-10-11-16(22-3)13-19(15)17/h4-5,7-11,13H,6,12,14H2,1-3H3/b17-8+. The van der Waals surface area contributed by atoms with Crippen LogP contribution in [0.3, 0.4) is 0 Å². The molecule has 1 heterocycles. The van der Waals surface area contributed by atoms with Crippen molar-refractivity contribution >= 4 is 5.57 Å². The average Bonchev–Trinajstić information content (AvgIpc) is 2.71. The van der Waals surface area contributed by atoms with Crippen LogP contribution in [-0.4, -0.2) is 32.6 Å². The van der Waals surface area contributed by atoms with Gasteiger partial charge in [-0.1, -0.05) is 30.3 Å². The second-order valence-corrected chi connectivity index (χ2v) is 6.02. The maximum absolute atomic E-state index is 6.01. The summed E-state index contributed by atoms with van der Waals surface area (Å²) in [5.74, 6) is 1.82. The third-order valence-electron chi connectivity index (χ3n) is 4.09. The van der Waals surface area contributed by atoms with E-state index in [1.807, 2.05) is 18.2 Å². The minimum Gasteiger partial charge on any atom is -0.497 e. The van der Waals surface area contributed by atoms with Crippen LogP contribution < -0.4 is 9.47 Å². The van der Waals surface area contributed by atoms with Crippen LogP contribution in [0, 0.1) is 0 Å². The molecule has 2 aromatic rings. The Kier molecular flexibility index (Phi) is 4.68. The van der Waals surface area contributed by atoms with Crippen LogP contribution in [0.2, 0.25) is 0 Å². The number of hydrogen-bond acceptors (Lipinski definition) is 3. The minimum absolute atomic E-state index is 0.585. The number of rotatable bonds is 4. The van der Waals surface area contributed by atoms with Gasteiger partial charge in [-0.05, 0) is 55.4 Å². The second kappa shape index (κ2) is 6.88. The Hall–Kier alpha value is -2.26. The highest BCUT2D eigenvalue weighted by Crippen LogP contribution is 2.38. The van der Waals surface area contributed by atoms with Gasteiger partial charge in [0.15, 0.2) is 0 Å². The molecule has 0 fully saturated rings. The monoisotopic (exact) mass is 309 g/mol. The quantitative estimate of drug-likeness (QED) is 0.853. The van der Waals surface area contributed by atoms with E-state index in [0.717, 1.165) is 30.0 Å². The molecule has 3 heteroatoms. The molecular formula is C20H23NO2. The van der Waals surface area contributed by atoms with E-state index in [4.69, 9.17) is 9.47 Å². The molecule has 1 aliphatic heterocycles. The van der Waals surface area contributed by atoms with Gasteiger partial charge in [-0.2, -0.15) is 0 Å². The predicted octanol–water partition coefficient (Wildman–Crippen LogP) is 3.97. The number of benzene rings is 2. The molecule has 3 nitrogen and oxygen atoms in total. The highest BCUT2D eigenvalue weighted by atomic mass is 16.5. The second-order valence-electron chi connectivity index (χ2n) is 6.02. The van der Waals surface area contributed by atoms with E-state index in [1.54, 1.807) is 7.11 Å². The van der Waals surface area contributed by atoms with Gasteiger partial charge in [-0.3, -0.25) is 0 Å². The molecule has 2 aromatic carbocycles. The smallest absolute Gasteiger partial charge is 0.127 e. The molecule has 1 aliphatic rings. The van der Waals surface area contributed by atoms with Gasteiger partial charge in [0.2, 0.25) is 0 Å². The van der Waals surface area contributed by atoms with Gasteiger partial charge in [0, 0.05) is 12.1 Å². The summed E-state index contributed by atoms with van der Waals surface area (Å²) in [6, 6.07) is 14.5. The Bertz CT molecular complexity index is 719. The molecule has 0 aromatic heterocycles. The van der Waals surface area contributed by atoms with Crippen molar-refractivity contribution in [1.82, 2.24) is 4.90 Å². The molecule has 0 saturated heterocycles. The lowest BCUT2D eigenvalue weighted by atomic mass is 9.93. The lowest BCUT2D eigenvalue weighted by molar-refractivity contribution is 0.307. The predicted molar refractivity (Wildman–Crippen MR) is 94.0 cm³/mol. The van der Waals surface area contributed by atoms with Crippen LogP contribution in [0.1, 0.15) is 23.1 Å². The van der Waals surface area contributed by atoms with Crippen molar-refractivity contribution in [1.29, 1.82) is 0 Å². The fourth-order valence-electron chi connectivity index (χ4n) is 2.86. The number of para-hydroxylation sites is 1. The van der Waals surface area contributed by atoms with Crippen molar-refractivity contribution in [3.8, 4) is 11.5 Å². The zero-order valence-electron chi connectivity index (χ0n) is 14.0. The summed E-state index contributed by atoms with van der Waals surface area (Å²) >= 11 is 0. The Morgan fingerprint density at radius 2 is 1.96 bits per heavy atom. The lowest BCUT2D eigenvalue weighted by Crippen LogP contribution is -2.12. The Balaban J connectivity index is 2.10. The maximum atomic E-state index is 6.01. The number of methoxy groups -OCH3 is 1.